The van der Waals surface area contributed by atoms with Crippen LogP contribution in [0.2, 0.25) is 0 Å². The molecular weight excluding hydrogens is 412 g/mol. The van der Waals surface area contributed by atoms with Gasteiger partial charge >= 0.3 is 0 Å². The highest BCUT2D eigenvalue weighted by Crippen LogP contribution is 2.24. The van der Waals surface area contributed by atoms with Crippen molar-refractivity contribution < 1.29 is 17.9 Å². The number of benzene rings is 3. The largest absolute Gasteiger partial charge is 0.483 e. The zero-order valence-corrected chi connectivity index (χ0v) is 18.8. The third-order valence-electron chi connectivity index (χ3n) is 4.91. The Morgan fingerprint density at radius 2 is 1.48 bits per heavy atom. The van der Waals surface area contributed by atoms with Gasteiger partial charge in [-0.15, -0.1) is 0 Å². The first-order valence-electron chi connectivity index (χ1n) is 9.84. The summed E-state index contributed by atoms with van der Waals surface area (Å²) in [5.41, 5.74) is 5.01. The van der Waals surface area contributed by atoms with E-state index in [1.54, 1.807) is 25.1 Å². The lowest BCUT2D eigenvalue weighted by atomic mass is 10.1. The average Bonchev–Trinajstić information content (AvgIpc) is 2.71. The van der Waals surface area contributed by atoms with Gasteiger partial charge in [-0.05, 0) is 86.8 Å². The van der Waals surface area contributed by atoms with Crippen molar-refractivity contribution in [3.05, 3.63) is 82.9 Å². The molecule has 2 N–H and O–H groups in total. The van der Waals surface area contributed by atoms with Crippen LogP contribution >= 0.6 is 0 Å². The van der Waals surface area contributed by atoms with Crippen molar-refractivity contribution in [2.75, 3.05) is 16.6 Å². The fourth-order valence-corrected chi connectivity index (χ4v) is 4.08. The minimum Gasteiger partial charge on any atom is -0.483 e. The predicted octanol–water partition coefficient (Wildman–Crippen LogP) is 4.74. The second-order valence-corrected chi connectivity index (χ2v) is 9.22. The fraction of sp³-hybridized carbons (Fsp3) is 0.208. The van der Waals surface area contributed by atoms with E-state index in [1.165, 1.54) is 12.1 Å². The molecule has 3 rings (SSSR count). The summed E-state index contributed by atoms with van der Waals surface area (Å²) in [5, 5.41) is 2.76. The summed E-state index contributed by atoms with van der Waals surface area (Å²) in [6.07, 6.45) is 0. The zero-order chi connectivity index (χ0) is 22.6. The van der Waals surface area contributed by atoms with Crippen molar-refractivity contribution in [1.29, 1.82) is 0 Å². The third kappa shape index (κ3) is 5.86. The van der Waals surface area contributed by atoms with Crippen LogP contribution in [-0.4, -0.2) is 20.9 Å². The SMILES string of the molecule is Cc1ccc(NC(=O)COc2ccc(S(=O)(=O)Nc3ccc(C)c(C)c3)cc2C)cc1. The number of carbonyl (C=O) groups is 1. The lowest BCUT2D eigenvalue weighted by molar-refractivity contribution is -0.118. The number of carbonyl (C=O) groups excluding carboxylic acids is 1. The normalized spacial score (nSPS) is 11.1. The van der Waals surface area contributed by atoms with Crippen LogP contribution in [0, 0.1) is 27.7 Å². The Bertz CT molecular complexity index is 1200. The molecule has 31 heavy (non-hydrogen) atoms. The maximum absolute atomic E-state index is 12.7. The van der Waals surface area contributed by atoms with Crippen molar-refractivity contribution in [1.82, 2.24) is 0 Å². The minimum absolute atomic E-state index is 0.125. The molecule has 0 fully saturated rings. The molecule has 0 aliphatic heterocycles. The summed E-state index contributed by atoms with van der Waals surface area (Å²) >= 11 is 0. The monoisotopic (exact) mass is 438 g/mol. The van der Waals surface area contributed by atoms with Crippen LogP contribution in [0.3, 0.4) is 0 Å². The number of ether oxygens (including phenoxy) is 1. The first-order valence-corrected chi connectivity index (χ1v) is 11.3. The molecule has 162 valence electrons. The number of hydrogen-bond donors (Lipinski definition) is 2. The topological polar surface area (TPSA) is 84.5 Å². The average molecular weight is 439 g/mol. The van der Waals surface area contributed by atoms with Gasteiger partial charge in [-0.1, -0.05) is 23.8 Å². The van der Waals surface area contributed by atoms with Gasteiger partial charge in [-0.25, -0.2) is 8.42 Å². The molecule has 0 aromatic heterocycles. The number of amides is 1. The van der Waals surface area contributed by atoms with E-state index in [1.807, 2.05) is 51.1 Å². The summed E-state index contributed by atoms with van der Waals surface area (Å²) < 4.78 is 33.7. The van der Waals surface area contributed by atoms with E-state index < -0.39 is 10.0 Å². The molecule has 1 amide bonds. The number of nitrogens with one attached hydrogen (secondary N) is 2. The van der Waals surface area contributed by atoms with Gasteiger partial charge < -0.3 is 10.1 Å². The van der Waals surface area contributed by atoms with Gasteiger partial charge in [-0.3, -0.25) is 9.52 Å². The van der Waals surface area contributed by atoms with E-state index in [0.29, 0.717) is 22.7 Å². The Labute approximate surface area is 183 Å². The molecule has 0 unspecified atom stereocenters. The maximum atomic E-state index is 12.7. The first-order chi connectivity index (χ1) is 14.6. The van der Waals surface area contributed by atoms with Crippen LogP contribution in [0.4, 0.5) is 11.4 Å². The molecule has 0 heterocycles. The zero-order valence-electron chi connectivity index (χ0n) is 18.0. The Kier molecular flexibility index (Phi) is 6.65. The van der Waals surface area contributed by atoms with Crippen LogP contribution < -0.4 is 14.8 Å². The molecule has 0 saturated carbocycles. The van der Waals surface area contributed by atoms with E-state index in [2.05, 4.69) is 10.0 Å². The van der Waals surface area contributed by atoms with E-state index in [-0.39, 0.29) is 17.4 Å². The molecule has 0 atom stereocenters. The summed E-state index contributed by atoms with van der Waals surface area (Å²) in [6, 6.07) is 17.4. The Morgan fingerprint density at radius 1 is 0.806 bits per heavy atom. The van der Waals surface area contributed by atoms with Crippen molar-refractivity contribution in [2.45, 2.75) is 32.6 Å². The molecule has 6 nitrogen and oxygen atoms in total. The molecule has 3 aromatic carbocycles. The van der Waals surface area contributed by atoms with Crippen LogP contribution in [-0.2, 0) is 14.8 Å². The number of sulfonamides is 1. The summed E-state index contributed by atoms with van der Waals surface area (Å²) in [7, 11) is -3.74. The lowest BCUT2D eigenvalue weighted by Gasteiger charge is -2.13. The third-order valence-corrected chi connectivity index (χ3v) is 6.29. The van der Waals surface area contributed by atoms with Crippen molar-refractivity contribution >= 4 is 27.3 Å². The summed E-state index contributed by atoms with van der Waals surface area (Å²) in [4.78, 5) is 12.2. The van der Waals surface area contributed by atoms with E-state index >= 15 is 0 Å². The fourth-order valence-electron chi connectivity index (χ4n) is 2.95. The molecule has 7 heteroatoms. The summed E-state index contributed by atoms with van der Waals surface area (Å²) in [5.74, 6) is 0.153. The lowest BCUT2D eigenvalue weighted by Crippen LogP contribution is -2.20. The van der Waals surface area contributed by atoms with E-state index in [9.17, 15) is 13.2 Å². The smallest absolute Gasteiger partial charge is 0.262 e. The first kappa shape index (κ1) is 22.4. The van der Waals surface area contributed by atoms with Gasteiger partial charge in [-0.2, -0.15) is 0 Å². The van der Waals surface area contributed by atoms with Crippen LogP contribution in [0.5, 0.6) is 5.75 Å². The maximum Gasteiger partial charge on any atom is 0.262 e. The number of aryl methyl sites for hydroxylation is 4. The highest BCUT2D eigenvalue weighted by Gasteiger charge is 2.16. The van der Waals surface area contributed by atoms with Gasteiger partial charge in [0.15, 0.2) is 6.61 Å². The number of anilines is 2. The molecular formula is C24H26N2O4S. The Morgan fingerprint density at radius 3 is 2.13 bits per heavy atom. The highest BCUT2D eigenvalue weighted by atomic mass is 32.2. The second kappa shape index (κ2) is 9.22. The Hall–Kier alpha value is -3.32. The van der Waals surface area contributed by atoms with Gasteiger partial charge in [0.25, 0.3) is 15.9 Å². The quantitative estimate of drug-likeness (QED) is 0.558. The standard InChI is InChI=1S/C24H26N2O4S/c1-16-5-8-20(9-6-16)25-24(27)15-30-23-12-11-22(14-19(23)4)31(28,29)26-21-10-7-17(2)18(3)13-21/h5-14,26H,15H2,1-4H3,(H,25,27). The van der Waals surface area contributed by atoms with Gasteiger partial charge in [0, 0.05) is 11.4 Å². The van der Waals surface area contributed by atoms with Gasteiger partial charge in [0.2, 0.25) is 0 Å². The second-order valence-electron chi connectivity index (χ2n) is 7.53. The molecule has 0 saturated heterocycles. The summed E-state index contributed by atoms with van der Waals surface area (Å²) in [6.45, 7) is 7.43. The van der Waals surface area contributed by atoms with Gasteiger partial charge in [0.1, 0.15) is 5.75 Å². The molecule has 0 aliphatic rings. The van der Waals surface area contributed by atoms with E-state index in [4.69, 9.17) is 4.74 Å². The van der Waals surface area contributed by atoms with Crippen LogP contribution in [0.1, 0.15) is 22.3 Å². The van der Waals surface area contributed by atoms with Crippen LogP contribution in [0.15, 0.2) is 65.6 Å². The minimum atomic E-state index is -3.74. The van der Waals surface area contributed by atoms with Crippen molar-refractivity contribution in [3.63, 3.8) is 0 Å². The van der Waals surface area contributed by atoms with Crippen molar-refractivity contribution in [3.8, 4) is 5.75 Å². The molecule has 0 aliphatic carbocycles. The predicted molar refractivity (Wildman–Crippen MR) is 123 cm³/mol. The van der Waals surface area contributed by atoms with Gasteiger partial charge in [0.05, 0.1) is 4.90 Å². The van der Waals surface area contributed by atoms with Crippen LogP contribution in [0.25, 0.3) is 0 Å². The number of hydrogen-bond acceptors (Lipinski definition) is 4. The number of rotatable bonds is 7. The van der Waals surface area contributed by atoms with E-state index in [0.717, 1.165) is 16.7 Å². The van der Waals surface area contributed by atoms with Crippen molar-refractivity contribution in [2.24, 2.45) is 0 Å². The molecule has 0 bridgehead atoms. The molecule has 0 radical (unpaired) electrons. The molecule has 0 spiro atoms. The molecule has 3 aromatic rings. The highest BCUT2D eigenvalue weighted by molar-refractivity contribution is 7.92. The Balaban J connectivity index is 1.65.